The highest BCUT2D eigenvalue weighted by Crippen LogP contribution is 2.28. The van der Waals surface area contributed by atoms with Crippen LogP contribution in [0.25, 0.3) is 0 Å². The normalized spacial score (nSPS) is 14.3. The molecule has 1 atom stereocenters. The van der Waals surface area contributed by atoms with Gasteiger partial charge in [-0.05, 0) is 99.2 Å². The summed E-state index contributed by atoms with van der Waals surface area (Å²) >= 11 is 1.51. The minimum atomic E-state index is -4.17. The molecule has 45 heavy (non-hydrogen) atoms. The maximum atomic E-state index is 14.3. The SMILES string of the molecule is CCOc1ccc(N(CC(=O)N(Cc2cccc(OC)c2)[C@H](C)C(=O)NC2CCCCC2)S(=O)(=O)c2ccc(SC)cc2)cc1. The van der Waals surface area contributed by atoms with Crippen molar-refractivity contribution in [3.05, 3.63) is 78.4 Å². The summed E-state index contributed by atoms with van der Waals surface area (Å²) in [4.78, 5) is 30.2. The van der Waals surface area contributed by atoms with E-state index in [1.54, 1.807) is 74.7 Å². The van der Waals surface area contributed by atoms with Crippen LogP contribution in [-0.2, 0) is 26.2 Å². The van der Waals surface area contributed by atoms with E-state index in [2.05, 4.69) is 5.32 Å². The lowest BCUT2D eigenvalue weighted by atomic mass is 9.95. The summed E-state index contributed by atoms with van der Waals surface area (Å²) in [7, 11) is -2.61. The Morgan fingerprint density at radius 3 is 2.29 bits per heavy atom. The van der Waals surface area contributed by atoms with Gasteiger partial charge in [0.2, 0.25) is 11.8 Å². The highest BCUT2D eigenvalue weighted by Gasteiger charge is 2.33. The lowest BCUT2D eigenvalue weighted by Gasteiger charge is -2.33. The Bertz CT molecular complexity index is 1520. The first-order chi connectivity index (χ1) is 21.7. The maximum absolute atomic E-state index is 14.3. The number of thioether (sulfide) groups is 1. The minimum absolute atomic E-state index is 0.0596. The van der Waals surface area contributed by atoms with E-state index in [0.29, 0.717) is 23.8 Å². The number of anilines is 1. The second-order valence-corrected chi connectivity index (χ2v) is 13.7. The van der Waals surface area contributed by atoms with Crippen LogP contribution in [0.3, 0.4) is 0 Å². The third-order valence-corrected chi connectivity index (χ3v) is 10.5. The second-order valence-electron chi connectivity index (χ2n) is 11.0. The van der Waals surface area contributed by atoms with Gasteiger partial charge < -0.3 is 19.7 Å². The van der Waals surface area contributed by atoms with Crippen LogP contribution in [0.4, 0.5) is 5.69 Å². The summed E-state index contributed by atoms with van der Waals surface area (Å²) in [6.07, 6.45) is 6.98. The number of nitrogens with one attached hydrogen (secondary N) is 1. The summed E-state index contributed by atoms with van der Waals surface area (Å²) in [5.74, 6) is 0.428. The fourth-order valence-electron chi connectivity index (χ4n) is 5.40. The molecule has 242 valence electrons. The van der Waals surface area contributed by atoms with Crippen LogP contribution in [-0.4, -0.2) is 63.7 Å². The molecule has 11 heteroatoms. The second kappa shape index (κ2) is 16.0. The molecule has 1 N–H and O–H groups in total. The van der Waals surface area contributed by atoms with Crippen LogP contribution in [0.1, 0.15) is 51.5 Å². The molecule has 1 fully saturated rings. The quantitative estimate of drug-likeness (QED) is 0.217. The molecular weight excluding hydrogens is 611 g/mol. The summed E-state index contributed by atoms with van der Waals surface area (Å²) in [6, 6.07) is 19.7. The number of ether oxygens (including phenoxy) is 2. The van der Waals surface area contributed by atoms with E-state index in [9.17, 15) is 18.0 Å². The maximum Gasteiger partial charge on any atom is 0.264 e. The number of hydrogen-bond acceptors (Lipinski definition) is 7. The third-order valence-electron chi connectivity index (χ3n) is 7.97. The molecule has 0 radical (unpaired) electrons. The van der Waals surface area contributed by atoms with Crippen molar-refractivity contribution < 1.29 is 27.5 Å². The van der Waals surface area contributed by atoms with Gasteiger partial charge in [-0.2, -0.15) is 0 Å². The van der Waals surface area contributed by atoms with E-state index in [1.807, 2.05) is 25.3 Å². The number of methoxy groups -OCH3 is 1. The summed E-state index contributed by atoms with van der Waals surface area (Å²) < 4.78 is 40.3. The van der Waals surface area contributed by atoms with Gasteiger partial charge in [-0.15, -0.1) is 11.8 Å². The molecular formula is C34H43N3O6S2. The first-order valence-corrected chi connectivity index (χ1v) is 17.9. The number of carbonyl (C=O) groups is 2. The van der Waals surface area contributed by atoms with E-state index in [1.165, 1.54) is 16.7 Å². The highest BCUT2D eigenvalue weighted by atomic mass is 32.2. The monoisotopic (exact) mass is 653 g/mol. The number of rotatable bonds is 14. The van der Waals surface area contributed by atoms with Crippen LogP contribution in [0.5, 0.6) is 11.5 Å². The summed E-state index contributed by atoms with van der Waals surface area (Å²) in [6.45, 7) is 3.60. The molecule has 2 amide bonds. The molecule has 1 aliphatic carbocycles. The average molecular weight is 654 g/mol. The van der Waals surface area contributed by atoms with E-state index in [-0.39, 0.29) is 23.4 Å². The van der Waals surface area contributed by atoms with Crippen molar-refractivity contribution in [3.8, 4) is 11.5 Å². The van der Waals surface area contributed by atoms with E-state index >= 15 is 0 Å². The zero-order chi connectivity index (χ0) is 32.4. The fraction of sp³-hybridized carbons (Fsp3) is 0.412. The fourth-order valence-corrected chi connectivity index (χ4v) is 7.22. The number of benzene rings is 3. The van der Waals surface area contributed by atoms with Gasteiger partial charge in [-0.25, -0.2) is 8.42 Å². The number of nitrogens with zero attached hydrogens (tertiary/aromatic N) is 2. The van der Waals surface area contributed by atoms with Crippen molar-refractivity contribution in [2.75, 3.05) is 30.8 Å². The Hall–Kier alpha value is -3.70. The number of hydrogen-bond donors (Lipinski definition) is 1. The Morgan fingerprint density at radius 2 is 1.67 bits per heavy atom. The molecule has 0 unspecified atom stereocenters. The number of amides is 2. The van der Waals surface area contributed by atoms with Crippen LogP contribution < -0.4 is 19.1 Å². The van der Waals surface area contributed by atoms with Crippen LogP contribution in [0.15, 0.2) is 82.6 Å². The van der Waals surface area contributed by atoms with Gasteiger partial charge in [0.15, 0.2) is 0 Å². The lowest BCUT2D eigenvalue weighted by molar-refractivity contribution is -0.139. The van der Waals surface area contributed by atoms with Crippen LogP contribution in [0.2, 0.25) is 0 Å². The van der Waals surface area contributed by atoms with Crippen molar-refractivity contribution >= 4 is 39.3 Å². The van der Waals surface area contributed by atoms with Gasteiger partial charge >= 0.3 is 0 Å². The van der Waals surface area contributed by atoms with Crippen molar-refractivity contribution in [1.82, 2.24) is 10.2 Å². The van der Waals surface area contributed by atoms with Gasteiger partial charge in [-0.1, -0.05) is 31.4 Å². The smallest absolute Gasteiger partial charge is 0.264 e. The van der Waals surface area contributed by atoms with Gasteiger partial charge in [0.25, 0.3) is 10.0 Å². The first-order valence-electron chi connectivity index (χ1n) is 15.3. The van der Waals surface area contributed by atoms with Crippen molar-refractivity contribution in [2.45, 2.75) is 74.4 Å². The minimum Gasteiger partial charge on any atom is -0.497 e. The molecule has 3 aromatic carbocycles. The third kappa shape index (κ3) is 8.94. The van der Waals surface area contributed by atoms with Gasteiger partial charge in [0.05, 0.1) is 24.3 Å². The molecule has 0 bridgehead atoms. The van der Waals surface area contributed by atoms with Crippen molar-refractivity contribution in [3.63, 3.8) is 0 Å². The molecule has 0 saturated heterocycles. The zero-order valence-corrected chi connectivity index (χ0v) is 28.0. The number of sulfonamides is 1. The molecule has 3 aromatic rings. The van der Waals surface area contributed by atoms with Crippen LogP contribution >= 0.6 is 11.8 Å². The van der Waals surface area contributed by atoms with Gasteiger partial charge in [-0.3, -0.25) is 13.9 Å². The predicted molar refractivity (Wildman–Crippen MR) is 178 cm³/mol. The molecule has 0 aromatic heterocycles. The molecule has 0 heterocycles. The predicted octanol–water partition coefficient (Wildman–Crippen LogP) is 5.88. The van der Waals surface area contributed by atoms with Gasteiger partial charge in [0.1, 0.15) is 24.1 Å². The van der Waals surface area contributed by atoms with E-state index in [0.717, 1.165) is 46.9 Å². The molecule has 0 aliphatic heterocycles. The molecule has 4 rings (SSSR count). The van der Waals surface area contributed by atoms with Crippen molar-refractivity contribution in [2.24, 2.45) is 0 Å². The molecule has 1 saturated carbocycles. The Morgan fingerprint density at radius 1 is 0.978 bits per heavy atom. The van der Waals surface area contributed by atoms with E-state index in [4.69, 9.17) is 9.47 Å². The largest absolute Gasteiger partial charge is 0.497 e. The lowest BCUT2D eigenvalue weighted by Crippen LogP contribution is -2.53. The molecule has 1 aliphatic rings. The summed E-state index contributed by atoms with van der Waals surface area (Å²) in [5, 5.41) is 3.13. The zero-order valence-electron chi connectivity index (χ0n) is 26.4. The standard InChI is InChI=1S/C34H43N3O6S2/c1-5-43-29-16-14-28(15-17-29)37(45(40,41)32-20-18-31(44-4)19-21-32)24-33(38)36(23-26-10-9-13-30(22-26)42-3)25(2)34(39)35-27-11-7-6-8-12-27/h9-10,13-22,25,27H,5-8,11-12,23-24H2,1-4H3,(H,35,39)/t25-/m1/s1. The molecule has 9 nitrogen and oxygen atoms in total. The number of carbonyl (C=O) groups excluding carboxylic acids is 2. The highest BCUT2D eigenvalue weighted by molar-refractivity contribution is 7.98. The topological polar surface area (TPSA) is 105 Å². The van der Waals surface area contributed by atoms with Crippen LogP contribution in [0, 0.1) is 0 Å². The molecule has 0 spiro atoms. The first kappa shape index (κ1) is 34.2. The Balaban J connectivity index is 1.69. The summed E-state index contributed by atoms with van der Waals surface area (Å²) in [5.41, 5.74) is 1.06. The Labute approximate surface area is 271 Å². The van der Waals surface area contributed by atoms with E-state index < -0.39 is 28.5 Å². The average Bonchev–Trinajstić information content (AvgIpc) is 3.06. The van der Waals surface area contributed by atoms with Gasteiger partial charge in [0, 0.05) is 17.5 Å². The Kier molecular flexibility index (Phi) is 12.2. The van der Waals surface area contributed by atoms with Crippen molar-refractivity contribution in [1.29, 1.82) is 0 Å².